The molecule has 1 aromatic carbocycles. The summed E-state index contributed by atoms with van der Waals surface area (Å²) in [5.41, 5.74) is 3.18. The van der Waals surface area contributed by atoms with Gasteiger partial charge in [0.15, 0.2) is 0 Å². The van der Waals surface area contributed by atoms with Crippen molar-refractivity contribution in [3.05, 3.63) is 33.8 Å². The van der Waals surface area contributed by atoms with Gasteiger partial charge in [-0.15, -0.1) is 0 Å². The van der Waals surface area contributed by atoms with E-state index in [9.17, 15) is 4.21 Å². The largest absolute Gasteiger partial charge is 0.381 e. The summed E-state index contributed by atoms with van der Waals surface area (Å²) in [7, 11) is 0.796. The first-order valence-corrected chi connectivity index (χ1v) is 11.2. The number of fused-ring (bicyclic) bond motifs is 1. The standard InChI is InChI=1S/C20H30BrNO2S/c1-19(2,3)25(23)22-13-18-17-11-15(21)6-5-14(17)12-20(18)9-7-16(24-4)8-10-20/h5-6,11,16,18,22H,7-10,12-13H2,1-4H3. The zero-order valence-electron chi connectivity index (χ0n) is 15.7. The summed E-state index contributed by atoms with van der Waals surface area (Å²) in [4.78, 5) is 0. The molecule has 2 aliphatic carbocycles. The maximum absolute atomic E-state index is 12.5. The smallest absolute Gasteiger partial charge is 0.0970 e. The van der Waals surface area contributed by atoms with Crippen LogP contribution in [-0.4, -0.2) is 28.7 Å². The average Bonchev–Trinajstić information content (AvgIpc) is 2.85. The second-order valence-corrected chi connectivity index (χ2v) is 11.6. The van der Waals surface area contributed by atoms with Gasteiger partial charge in [-0.25, -0.2) is 8.93 Å². The van der Waals surface area contributed by atoms with Crippen molar-refractivity contribution >= 4 is 26.9 Å². The van der Waals surface area contributed by atoms with Gasteiger partial charge in [0, 0.05) is 24.0 Å². The van der Waals surface area contributed by atoms with E-state index in [1.165, 1.54) is 24.0 Å². The highest BCUT2D eigenvalue weighted by Gasteiger charge is 2.47. The van der Waals surface area contributed by atoms with E-state index in [4.69, 9.17) is 4.74 Å². The Morgan fingerprint density at radius 2 is 2.00 bits per heavy atom. The highest BCUT2D eigenvalue weighted by atomic mass is 79.9. The van der Waals surface area contributed by atoms with Crippen LogP contribution in [0.4, 0.5) is 0 Å². The predicted octanol–water partition coefficient (Wildman–Crippen LogP) is 4.72. The van der Waals surface area contributed by atoms with E-state index in [1.807, 2.05) is 27.9 Å². The number of halogens is 1. The van der Waals surface area contributed by atoms with E-state index < -0.39 is 11.0 Å². The summed E-state index contributed by atoms with van der Waals surface area (Å²) in [5.74, 6) is 0.420. The lowest BCUT2D eigenvalue weighted by Crippen LogP contribution is -2.41. The Labute approximate surface area is 163 Å². The molecule has 0 radical (unpaired) electrons. The van der Waals surface area contributed by atoms with Crippen molar-refractivity contribution in [2.24, 2.45) is 5.41 Å². The van der Waals surface area contributed by atoms with Crippen molar-refractivity contribution in [1.29, 1.82) is 0 Å². The van der Waals surface area contributed by atoms with Gasteiger partial charge in [0.05, 0.1) is 21.8 Å². The van der Waals surface area contributed by atoms with Gasteiger partial charge >= 0.3 is 0 Å². The van der Waals surface area contributed by atoms with Crippen LogP contribution in [0.5, 0.6) is 0 Å². The Morgan fingerprint density at radius 1 is 1.32 bits per heavy atom. The summed E-state index contributed by atoms with van der Waals surface area (Å²) in [5, 5.41) is 0. The van der Waals surface area contributed by atoms with Crippen molar-refractivity contribution in [1.82, 2.24) is 4.72 Å². The third-order valence-electron chi connectivity index (χ3n) is 6.00. The Balaban J connectivity index is 1.84. The molecule has 0 heterocycles. The van der Waals surface area contributed by atoms with Crippen LogP contribution in [0.2, 0.25) is 0 Å². The number of benzene rings is 1. The number of hydrogen-bond acceptors (Lipinski definition) is 2. The fourth-order valence-electron chi connectivity index (χ4n) is 4.51. The molecule has 0 saturated heterocycles. The van der Waals surface area contributed by atoms with Gasteiger partial charge in [-0.1, -0.05) is 22.0 Å². The van der Waals surface area contributed by atoms with Gasteiger partial charge in [-0.05, 0) is 81.5 Å². The maximum atomic E-state index is 12.5. The molecule has 2 unspecified atom stereocenters. The molecule has 1 aromatic rings. The molecule has 0 aromatic heterocycles. The van der Waals surface area contributed by atoms with Crippen LogP contribution in [0, 0.1) is 5.41 Å². The van der Waals surface area contributed by atoms with Gasteiger partial charge in [0.2, 0.25) is 0 Å². The summed E-state index contributed by atoms with van der Waals surface area (Å²) in [6.07, 6.45) is 6.17. The molecule has 3 nitrogen and oxygen atoms in total. The van der Waals surface area contributed by atoms with Crippen LogP contribution < -0.4 is 4.72 Å². The molecule has 0 aliphatic heterocycles. The number of hydrogen-bond donors (Lipinski definition) is 1. The first kappa shape index (κ1) is 19.5. The van der Waals surface area contributed by atoms with Crippen LogP contribution in [0.1, 0.15) is 63.5 Å². The number of rotatable bonds is 4. The first-order chi connectivity index (χ1) is 11.7. The second-order valence-electron chi connectivity index (χ2n) is 8.60. The minimum Gasteiger partial charge on any atom is -0.381 e. The molecule has 1 N–H and O–H groups in total. The zero-order chi connectivity index (χ0) is 18.2. The molecule has 2 aliphatic rings. The lowest BCUT2D eigenvalue weighted by Gasteiger charge is -2.42. The van der Waals surface area contributed by atoms with Crippen LogP contribution in [0.15, 0.2) is 22.7 Å². The summed E-state index contributed by atoms with van der Waals surface area (Å²) in [6, 6.07) is 6.69. The lowest BCUT2D eigenvalue weighted by atomic mass is 9.65. The van der Waals surface area contributed by atoms with E-state index in [0.29, 0.717) is 12.0 Å². The van der Waals surface area contributed by atoms with E-state index in [-0.39, 0.29) is 10.2 Å². The van der Waals surface area contributed by atoms with Gasteiger partial charge in [0.1, 0.15) is 0 Å². The first-order valence-electron chi connectivity index (χ1n) is 9.22. The van der Waals surface area contributed by atoms with Crippen molar-refractivity contribution < 1.29 is 8.95 Å². The van der Waals surface area contributed by atoms with Crippen molar-refractivity contribution in [3.63, 3.8) is 0 Å². The van der Waals surface area contributed by atoms with Crippen LogP contribution in [-0.2, 0) is 22.1 Å². The van der Waals surface area contributed by atoms with Crippen molar-refractivity contribution in [3.8, 4) is 0 Å². The predicted molar refractivity (Wildman–Crippen MR) is 108 cm³/mol. The normalized spacial score (nSPS) is 30.4. The highest BCUT2D eigenvalue weighted by molar-refractivity contribution is 9.10. The molecule has 0 amide bonds. The summed E-state index contributed by atoms with van der Waals surface area (Å²) >= 11 is 3.64. The maximum Gasteiger partial charge on any atom is 0.0970 e. The minimum atomic E-state index is -1.03. The fourth-order valence-corrected chi connectivity index (χ4v) is 5.64. The van der Waals surface area contributed by atoms with Crippen molar-refractivity contribution in [2.45, 2.75) is 69.6 Å². The summed E-state index contributed by atoms with van der Waals surface area (Å²) in [6.45, 7) is 6.85. The average molecular weight is 428 g/mol. The number of nitrogens with one attached hydrogen (secondary N) is 1. The van der Waals surface area contributed by atoms with Crippen LogP contribution in [0.25, 0.3) is 0 Å². The zero-order valence-corrected chi connectivity index (χ0v) is 18.1. The van der Waals surface area contributed by atoms with Gasteiger partial charge < -0.3 is 4.74 Å². The Bertz CT molecular complexity index is 648. The van der Waals surface area contributed by atoms with Crippen molar-refractivity contribution in [2.75, 3.05) is 13.7 Å². The third kappa shape index (κ3) is 4.05. The molecule has 1 spiro atoms. The minimum absolute atomic E-state index is 0.237. The van der Waals surface area contributed by atoms with E-state index in [0.717, 1.165) is 30.3 Å². The third-order valence-corrected chi connectivity index (χ3v) is 8.04. The van der Waals surface area contributed by atoms with Gasteiger partial charge in [-0.3, -0.25) is 0 Å². The van der Waals surface area contributed by atoms with Gasteiger partial charge in [-0.2, -0.15) is 0 Å². The highest BCUT2D eigenvalue weighted by Crippen LogP contribution is 2.55. The quantitative estimate of drug-likeness (QED) is 0.754. The molecule has 2 atom stereocenters. The second kappa shape index (κ2) is 7.41. The Kier molecular flexibility index (Phi) is 5.79. The van der Waals surface area contributed by atoms with E-state index in [1.54, 1.807) is 0 Å². The molecule has 3 rings (SSSR count). The summed E-state index contributed by atoms with van der Waals surface area (Å²) < 4.78 is 22.4. The molecular weight excluding hydrogens is 398 g/mol. The Hall–Kier alpha value is -0.230. The molecule has 0 bridgehead atoms. The molecule has 140 valence electrons. The molecule has 5 heteroatoms. The van der Waals surface area contributed by atoms with E-state index >= 15 is 0 Å². The van der Waals surface area contributed by atoms with E-state index in [2.05, 4.69) is 38.9 Å². The Morgan fingerprint density at radius 3 is 2.60 bits per heavy atom. The van der Waals surface area contributed by atoms with Gasteiger partial charge in [0.25, 0.3) is 0 Å². The monoisotopic (exact) mass is 427 g/mol. The number of ether oxygens (including phenoxy) is 1. The van der Waals surface area contributed by atoms with Crippen LogP contribution >= 0.6 is 15.9 Å². The molecule has 25 heavy (non-hydrogen) atoms. The number of methoxy groups -OCH3 is 1. The fraction of sp³-hybridized carbons (Fsp3) is 0.700. The van der Waals surface area contributed by atoms with Crippen LogP contribution in [0.3, 0.4) is 0 Å². The molecule has 1 fully saturated rings. The SMILES string of the molecule is COC1CCC2(CC1)Cc1ccc(Br)cc1C2CNS(=O)C(C)(C)C. The topological polar surface area (TPSA) is 38.3 Å². The lowest BCUT2D eigenvalue weighted by molar-refractivity contribution is 0.0207. The molecular formula is C20H30BrNO2S. The molecule has 1 saturated carbocycles.